The number of amides is 3. The van der Waals surface area contributed by atoms with E-state index < -0.39 is 24.0 Å². The standard InChI is InChI=1S/C20H22N4O4/c21-10-12-6-8-13(9-7-12)17-16-18(28-23(17)11-15(22)25)20(27)24(19(16)26)14-4-2-1-3-5-14/h6-9,14,16-18H,1-5,11H2,(H2,22,25). The van der Waals surface area contributed by atoms with Crippen molar-refractivity contribution in [3.05, 3.63) is 35.4 Å². The van der Waals surface area contributed by atoms with Crippen molar-refractivity contribution < 1.29 is 19.2 Å². The summed E-state index contributed by atoms with van der Waals surface area (Å²) in [6.07, 6.45) is 3.84. The Morgan fingerprint density at radius 2 is 1.82 bits per heavy atom. The Bertz CT molecular complexity index is 841. The average molecular weight is 382 g/mol. The number of nitrogens with two attached hydrogens (primary N) is 1. The highest BCUT2D eigenvalue weighted by Crippen LogP contribution is 2.45. The molecule has 0 bridgehead atoms. The van der Waals surface area contributed by atoms with Crippen LogP contribution in [0.5, 0.6) is 0 Å². The number of nitriles is 1. The Morgan fingerprint density at radius 1 is 1.14 bits per heavy atom. The van der Waals surface area contributed by atoms with Crippen LogP contribution in [0.4, 0.5) is 0 Å². The van der Waals surface area contributed by atoms with Gasteiger partial charge in [0.05, 0.1) is 23.6 Å². The molecule has 3 unspecified atom stereocenters. The molecule has 2 aliphatic heterocycles. The summed E-state index contributed by atoms with van der Waals surface area (Å²) in [5.74, 6) is -1.90. The van der Waals surface area contributed by atoms with Crippen molar-refractivity contribution in [1.82, 2.24) is 9.96 Å². The van der Waals surface area contributed by atoms with Crippen molar-refractivity contribution in [3.63, 3.8) is 0 Å². The molecule has 0 spiro atoms. The summed E-state index contributed by atoms with van der Waals surface area (Å²) in [6, 6.07) is 8.12. The molecule has 3 amide bonds. The Balaban J connectivity index is 1.67. The second-order valence-corrected chi connectivity index (χ2v) is 7.61. The lowest BCUT2D eigenvalue weighted by atomic mass is 9.90. The predicted octanol–water partition coefficient (Wildman–Crippen LogP) is 1.02. The van der Waals surface area contributed by atoms with Crippen LogP contribution in [0, 0.1) is 17.2 Å². The van der Waals surface area contributed by atoms with Gasteiger partial charge in [-0.25, -0.2) is 0 Å². The first-order valence-corrected chi connectivity index (χ1v) is 9.60. The number of hydrogen-bond donors (Lipinski definition) is 1. The summed E-state index contributed by atoms with van der Waals surface area (Å²) in [5.41, 5.74) is 6.53. The fraction of sp³-hybridized carbons (Fsp3) is 0.500. The molecular formula is C20H22N4O4. The third kappa shape index (κ3) is 3.07. The van der Waals surface area contributed by atoms with E-state index in [-0.39, 0.29) is 24.4 Å². The molecular weight excluding hydrogens is 360 g/mol. The predicted molar refractivity (Wildman–Crippen MR) is 96.9 cm³/mol. The van der Waals surface area contributed by atoms with Crippen molar-refractivity contribution in [3.8, 4) is 6.07 Å². The number of primary amides is 1. The number of carbonyl (C=O) groups is 3. The van der Waals surface area contributed by atoms with Gasteiger partial charge in [-0.2, -0.15) is 10.3 Å². The number of hydroxylamine groups is 2. The first-order chi connectivity index (χ1) is 13.5. The molecule has 3 atom stereocenters. The van der Waals surface area contributed by atoms with Crippen LogP contribution in [0.1, 0.15) is 49.3 Å². The van der Waals surface area contributed by atoms with E-state index in [1.54, 1.807) is 24.3 Å². The van der Waals surface area contributed by atoms with Gasteiger partial charge in [-0.05, 0) is 30.5 Å². The fourth-order valence-corrected chi connectivity index (χ4v) is 4.61. The lowest BCUT2D eigenvalue weighted by molar-refractivity contribution is -0.183. The van der Waals surface area contributed by atoms with Gasteiger partial charge in [-0.1, -0.05) is 31.4 Å². The monoisotopic (exact) mass is 382 g/mol. The highest BCUT2D eigenvalue weighted by molar-refractivity contribution is 6.07. The van der Waals surface area contributed by atoms with Gasteiger partial charge in [-0.3, -0.25) is 24.1 Å². The van der Waals surface area contributed by atoms with E-state index in [9.17, 15) is 14.4 Å². The minimum absolute atomic E-state index is 0.0749. The third-order valence-corrected chi connectivity index (χ3v) is 5.86. The number of carbonyl (C=O) groups excluding carboxylic acids is 3. The summed E-state index contributed by atoms with van der Waals surface area (Å²) in [7, 11) is 0. The molecule has 3 aliphatic rings. The lowest BCUT2D eigenvalue weighted by Crippen LogP contribution is -2.45. The second kappa shape index (κ2) is 7.34. The lowest BCUT2D eigenvalue weighted by Gasteiger charge is -2.32. The molecule has 1 aromatic rings. The van der Waals surface area contributed by atoms with E-state index in [0.29, 0.717) is 11.1 Å². The van der Waals surface area contributed by atoms with Crippen LogP contribution in [0.3, 0.4) is 0 Å². The summed E-state index contributed by atoms with van der Waals surface area (Å²) < 4.78 is 0. The smallest absolute Gasteiger partial charge is 0.261 e. The Labute approximate surface area is 162 Å². The Morgan fingerprint density at radius 3 is 2.43 bits per heavy atom. The average Bonchev–Trinajstić information content (AvgIpc) is 3.17. The van der Waals surface area contributed by atoms with Crippen LogP contribution in [-0.4, -0.2) is 46.4 Å². The quantitative estimate of drug-likeness (QED) is 0.777. The molecule has 2 saturated heterocycles. The first-order valence-electron chi connectivity index (χ1n) is 9.60. The summed E-state index contributed by atoms with van der Waals surface area (Å²) >= 11 is 0. The van der Waals surface area contributed by atoms with Crippen molar-refractivity contribution in [2.45, 2.75) is 50.3 Å². The molecule has 0 aromatic heterocycles. The van der Waals surface area contributed by atoms with Crippen molar-refractivity contribution in [2.24, 2.45) is 11.7 Å². The van der Waals surface area contributed by atoms with E-state index in [0.717, 1.165) is 32.1 Å². The molecule has 2 N–H and O–H groups in total. The van der Waals surface area contributed by atoms with Gasteiger partial charge in [0.2, 0.25) is 11.8 Å². The number of fused-ring (bicyclic) bond motifs is 1. The second-order valence-electron chi connectivity index (χ2n) is 7.61. The molecule has 1 aliphatic carbocycles. The third-order valence-electron chi connectivity index (χ3n) is 5.86. The van der Waals surface area contributed by atoms with Crippen LogP contribution in [0.2, 0.25) is 0 Å². The SMILES string of the molecule is N#Cc1ccc(C2C3C(=O)N(C4CCCCC4)C(=O)C3ON2CC(N)=O)cc1. The van der Waals surface area contributed by atoms with E-state index in [1.165, 1.54) is 9.96 Å². The van der Waals surface area contributed by atoms with Crippen LogP contribution < -0.4 is 5.73 Å². The van der Waals surface area contributed by atoms with Crippen molar-refractivity contribution in [2.75, 3.05) is 6.54 Å². The van der Waals surface area contributed by atoms with Crippen LogP contribution >= 0.6 is 0 Å². The normalized spacial score (nSPS) is 28.4. The minimum atomic E-state index is -0.936. The summed E-state index contributed by atoms with van der Waals surface area (Å²) in [4.78, 5) is 44.9. The zero-order valence-corrected chi connectivity index (χ0v) is 15.4. The van der Waals surface area contributed by atoms with Gasteiger partial charge in [-0.15, -0.1) is 0 Å². The first kappa shape index (κ1) is 18.6. The molecule has 28 heavy (non-hydrogen) atoms. The molecule has 146 valence electrons. The van der Waals surface area contributed by atoms with Crippen LogP contribution in [0.15, 0.2) is 24.3 Å². The molecule has 8 heteroatoms. The van der Waals surface area contributed by atoms with Gasteiger partial charge in [0.15, 0.2) is 6.10 Å². The van der Waals surface area contributed by atoms with E-state index in [2.05, 4.69) is 6.07 Å². The number of rotatable bonds is 4. The van der Waals surface area contributed by atoms with Crippen LogP contribution in [-0.2, 0) is 19.2 Å². The van der Waals surface area contributed by atoms with E-state index in [4.69, 9.17) is 15.8 Å². The van der Waals surface area contributed by atoms with Crippen molar-refractivity contribution >= 4 is 17.7 Å². The number of imide groups is 1. The zero-order chi connectivity index (χ0) is 19.8. The molecule has 1 saturated carbocycles. The highest BCUT2D eigenvalue weighted by atomic mass is 16.7. The van der Waals surface area contributed by atoms with Gasteiger partial charge < -0.3 is 5.73 Å². The molecule has 4 rings (SSSR count). The number of nitrogens with zero attached hydrogens (tertiary/aromatic N) is 3. The van der Waals surface area contributed by atoms with E-state index in [1.807, 2.05) is 0 Å². The molecule has 8 nitrogen and oxygen atoms in total. The van der Waals surface area contributed by atoms with Crippen molar-refractivity contribution in [1.29, 1.82) is 5.26 Å². The summed E-state index contributed by atoms with van der Waals surface area (Å²) in [6.45, 7) is -0.221. The zero-order valence-electron chi connectivity index (χ0n) is 15.4. The Hall–Kier alpha value is -2.76. The van der Waals surface area contributed by atoms with Gasteiger partial charge in [0.1, 0.15) is 6.54 Å². The fourth-order valence-electron chi connectivity index (χ4n) is 4.61. The number of benzene rings is 1. The molecule has 1 aromatic carbocycles. The molecule has 3 fully saturated rings. The maximum absolute atomic E-state index is 13.3. The largest absolute Gasteiger partial charge is 0.368 e. The summed E-state index contributed by atoms with van der Waals surface area (Å²) in [5, 5.41) is 10.4. The van der Waals surface area contributed by atoms with Gasteiger partial charge >= 0.3 is 0 Å². The Kier molecular flexibility index (Phi) is 4.87. The highest BCUT2D eigenvalue weighted by Gasteiger charge is 2.60. The minimum Gasteiger partial charge on any atom is -0.368 e. The van der Waals surface area contributed by atoms with Gasteiger partial charge in [0, 0.05) is 6.04 Å². The topological polar surface area (TPSA) is 117 Å². The maximum Gasteiger partial charge on any atom is 0.261 e. The maximum atomic E-state index is 13.3. The molecule has 0 radical (unpaired) electrons. The van der Waals surface area contributed by atoms with E-state index >= 15 is 0 Å². The number of hydrogen-bond acceptors (Lipinski definition) is 6. The van der Waals surface area contributed by atoms with Crippen LogP contribution in [0.25, 0.3) is 0 Å². The van der Waals surface area contributed by atoms with Gasteiger partial charge in [0.25, 0.3) is 5.91 Å². The molecule has 2 heterocycles. The number of likely N-dealkylation sites (tertiary alicyclic amines) is 1.